The lowest BCUT2D eigenvalue weighted by atomic mass is 10.1. The van der Waals surface area contributed by atoms with E-state index in [2.05, 4.69) is 0 Å². The summed E-state index contributed by atoms with van der Waals surface area (Å²) in [5.41, 5.74) is 7.03. The van der Waals surface area contributed by atoms with Gasteiger partial charge in [-0.3, -0.25) is 9.36 Å². The van der Waals surface area contributed by atoms with Crippen molar-refractivity contribution in [1.82, 2.24) is 4.57 Å². The second-order valence-corrected chi connectivity index (χ2v) is 10.5. The molecular weight excluding hydrogens is 582 g/mol. The van der Waals surface area contributed by atoms with Crippen LogP contribution in [0.2, 0.25) is 20.1 Å². The van der Waals surface area contributed by atoms with Crippen molar-refractivity contribution in [3.05, 3.63) is 83.9 Å². The largest absolute Gasteiger partial charge is 0.465 e. The Morgan fingerprint density at radius 3 is 2.30 bits per heavy atom. The molecular formula is C25H18Cl4N2O5S. The number of halogens is 4. The van der Waals surface area contributed by atoms with Gasteiger partial charge in [0.1, 0.15) is 10.2 Å². The number of benzene rings is 2. The fraction of sp³-hybridized carbons (Fsp3) is 0.160. The number of rotatable bonds is 5. The number of carbonyl (C=O) groups excluding carboxylic acids is 3. The summed E-state index contributed by atoms with van der Waals surface area (Å²) in [6.07, 6.45) is 1.56. The van der Waals surface area contributed by atoms with Gasteiger partial charge >= 0.3 is 11.9 Å². The molecule has 2 aromatic carbocycles. The molecule has 1 aromatic heterocycles. The van der Waals surface area contributed by atoms with E-state index in [1.54, 1.807) is 37.3 Å². The quantitative estimate of drug-likeness (QED) is 0.407. The van der Waals surface area contributed by atoms with Gasteiger partial charge in [-0.15, -0.1) is 0 Å². The molecule has 37 heavy (non-hydrogen) atoms. The number of thioether (sulfide) groups is 1. The maximum atomic E-state index is 13.9. The molecule has 0 fully saturated rings. The molecule has 0 amide bonds. The van der Waals surface area contributed by atoms with E-state index in [0.29, 0.717) is 26.2 Å². The van der Waals surface area contributed by atoms with E-state index in [1.165, 1.54) is 19.2 Å². The predicted molar refractivity (Wildman–Crippen MR) is 147 cm³/mol. The Kier molecular flexibility index (Phi) is 8.16. The molecule has 0 radical (unpaired) electrons. The maximum absolute atomic E-state index is 13.9. The monoisotopic (exact) mass is 598 g/mol. The van der Waals surface area contributed by atoms with Crippen LogP contribution in [0, 0.1) is 0 Å². The van der Waals surface area contributed by atoms with Gasteiger partial charge in [-0.2, -0.15) is 0 Å². The van der Waals surface area contributed by atoms with Crippen molar-refractivity contribution in [1.29, 1.82) is 0 Å². The highest BCUT2D eigenvalue weighted by atomic mass is 35.5. The molecule has 192 valence electrons. The average molecular weight is 600 g/mol. The van der Waals surface area contributed by atoms with Crippen LogP contribution < -0.4 is 16.3 Å². The number of esters is 2. The van der Waals surface area contributed by atoms with Crippen molar-refractivity contribution in [2.45, 2.75) is 12.2 Å². The van der Waals surface area contributed by atoms with E-state index in [4.69, 9.17) is 61.6 Å². The third-order valence-corrected chi connectivity index (χ3v) is 7.90. The molecule has 7 nitrogen and oxygen atoms in total. The van der Waals surface area contributed by atoms with Crippen molar-refractivity contribution < 1.29 is 23.9 Å². The van der Waals surface area contributed by atoms with Crippen LogP contribution in [0.15, 0.2) is 36.4 Å². The smallest absolute Gasteiger partial charge is 0.357 e. The van der Waals surface area contributed by atoms with Gasteiger partial charge in [-0.25, -0.2) is 9.59 Å². The van der Waals surface area contributed by atoms with Crippen molar-refractivity contribution >= 4 is 92.7 Å². The van der Waals surface area contributed by atoms with Gasteiger partial charge in [0.25, 0.3) is 0 Å². The molecule has 0 saturated heterocycles. The van der Waals surface area contributed by atoms with Crippen LogP contribution in [0.3, 0.4) is 0 Å². The summed E-state index contributed by atoms with van der Waals surface area (Å²) in [7, 11) is 1.21. The summed E-state index contributed by atoms with van der Waals surface area (Å²) in [4.78, 5) is 40.0. The highest BCUT2D eigenvalue weighted by Gasteiger charge is 2.39. The first kappa shape index (κ1) is 27.4. The molecule has 1 aliphatic rings. The van der Waals surface area contributed by atoms with Crippen LogP contribution in [0.1, 0.15) is 38.6 Å². The van der Waals surface area contributed by atoms with Gasteiger partial charge in [-0.1, -0.05) is 70.3 Å². The second-order valence-electron chi connectivity index (χ2n) is 7.71. The Morgan fingerprint density at radius 2 is 1.70 bits per heavy atom. The lowest BCUT2D eigenvalue weighted by Crippen LogP contribution is -2.42. The Hall–Kier alpha value is -2.62. The summed E-state index contributed by atoms with van der Waals surface area (Å²) in [6.45, 7) is 1.65. The van der Waals surface area contributed by atoms with Gasteiger partial charge in [0, 0.05) is 25.3 Å². The number of carbonyl (C=O) groups is 3. The first-order valence-electron chi connectivity index (χ1n) is 10.7. The summed E-state index contributed by atoms with van der Waals surface area (Å²) >= 11 is 25.8. The third-order valence-electron chi connectivity index (χ3n) is 5.49. The van der Waals surface area contributed by atoms with Crippen molar-refractivity contribution in [2.75, 3.05) is 19.5 Å². The molecule has 4 rings (SSSR count). The normalized spacial score (nSPS) is 15.5. The number of nitrogen functional groups attached to an aromatic ring is 1. The molecule has 3 aromatic rings. The Labute approximate surface area is 235 Å². The fourth-order valence-corrected chi connectivity index (χ4v) is 6.17. The SMILES string of the molecule is CCOC(=O)c1c(N)/c(=C\c2ccc(Cl)cc2Cl)c2n1C(=O)C(c1ccc(Cl)cc1Cl)SC=2C(=O)OC. The molecule has 1 atom stereocenters. The number of aromatic nitrogens is 1. The Morgan fingerprint density at radius 1 is 1.05 bits per heavy atom. The second kappa shape index (κ2) is 11.0. The number of ether oxygens (including phenoxy) is 2. The third kappa shape index (κ3) is 5.09. The minimum absolute atomic E-state index is 0.0315. The molecule has 1 unspecified atom stereocenters. The summed E-state index contributed by atoms with van der Waals surface area (Å²) in [5.74, 6) is -2.14. The van der Waals surface area contributed by atoms with E-state index in [-0.39, 0.29) is 38.5 Å². The number of fused-ring (bicyclic) bond motifs is 1. The molecule has 0 saturated carbocycles. The average Bonchev–Trinajstić information content (AvgIpc) is 3.13. The number of hydrogen-bond acceptors (Lipinski definition) is 7. The van der Waals surface area contributed by atoms with E-state index < -0.39 is 23.1 Å². The fourth-order valence-electron chi connectivity index (χ4n) is 3.86. The number of hydrogen-bond donors (Lipinski definition) is 1. The standard InChI is InChI=1S/C25H18Cl4N2O5S/c1-3-36-24(33)20-18(30)15(8-11-4-5-12(26)9-16(11)28)19-22(25(34)35-2)37-21(23(32)31(19)20)14-7-6-13(27)10-17(14)29/h4-10,21H,3,30H2,1-2H3/b15-8+. The maximum Gasteiger partial charge on any atom is 0.357 e. The first-order chi connectivity index (χ1) is 17.6. The van der Waals surface area contributed by atoms with Gasteiger partial charge in [0.15, 0.2) is 5.69 Å². The number of methoxy groups -OCH3 is 1. The summed E-state index contributed by atoms with van der Waals surface area (Å²) in [6, 6.07) is 9.43. The zero-order chi connectivity index (χ0) is 27.0. The van der Waals surface area contributed by atoms with Crippen molar-refractivity contribution in [3.8, 4) is 0 Å². The molecule has 0 aliphatic carbocycles. The van der Waals surface area contributed by atoms with Crippen LogP contribution in [0.5, 0.6) is 0 Å². The minimum atomic E-state index is -1.02. The number of nitrogens with zero attached hydrogens (tertiary/aromatic N) is 1. The lowest BCUT2D eigenvalue weighted by molar-refractivity contribution is -0.133. The molecule has 0 spiro atoms. The molecule has 2 N–H and O–H groups in total. The van der Waals surface area contributed by atoms with E-state index >= 15 is 0 Å². The van der Waals surface area contributed by atoms with Crippen molar-refractivity contribution in [2.24, 2.45) is 0 Å². The van der Waals surface area contributed by atoms with Gasteiger partial charge in [0.2, 0.25) is 5.91 Å². The van der Waals surface area contributed by atoms with Gasteiger partial charge < -0.3 is 15.2 Å². The van der Waals surface area contributed by atoms with Crippen LogP contribution in [-0.4, -0.2) is 36.1 Å². The number of anilines is 1. The molecule has 0 bridgehead atoms. The topological polar surface area (TPSA) is 101 Å². The summed E-state index contributed by atoms with van der Waals surface area (Å²) in [5, 5.41) is 0.570. The highest BCUT2D eigenvalue weighted by Crippen LogP contribution is 2.42. The van der Waals surface area contributed by atoms with Crippen LogP contribution in [-0.2, 0) is 14.3 Å². The highest BCUT2D eigenvalue weighted by molar-refractivity contribution is 8.10. The zero-order valence-corrected chi connectivity index (χ0v) is 23.2. The minimum Gasteiger partial charge on any atom is -0.465 e. The molecule has 1 aliphatic heterocycles. The predicted octanol–water partition coefficient (Wildman–Crippen LogP) is 5.10. The Bertz CT molecular complexity index is 1580. The van der Waals surface area contributed by atoms with Crippen LogP contribution >= 0.6 is 58.2 Å². The van der Waals surface area contributed by atoms with Crippen LogP contribution in [0.25, 0.3) is 11.0 Å². The molecule has 2 heterocycles. The van der Waals surface area contributed by atoms with E-state index in [0.717, 1.165) is 16.3 Å². The Balaban J connectivity index is 2.12. The molecule has 12 heteroatoms. The first-order valence-corrected chi connectivity index (χ1v) is 13.1. The van der Waals surface area contributed by atoms with Gasteiger partial charge in [0.05, 0.1) is 24.8 Å². The zero-order valence-electron chi connectivity index (χ0n) is 19.3. The van der Waals surface area contributed by atoms with Crippen LogP contribution in [0.4, 0.5) is 5.69 Å². The van der Waals surface area contributed by atoms with E-state index in [9.17, 15) is 14.4 Å². The summed E-state index contributed by atoms with van der Waals surface area (Å²) < 4.78 is 11.3. The van der Waals surface area contributed by atoms with E-state index in [1.807, 2.05) is 0 Å². The van der Waals surface area contributed by atoms with Crippen molar-refractivity contribution in [3.63, 3.8) is 0 Å². The lowest BCUT2D eigenvalue weighted by Gasteiger charge is -2.24. The number of nitrogens with two attached hydrogens (primary N) is 1. The van der Waals surface area contributed by atoms with Gasteiger partial charge in [-0.05, 0) is 48.4 Å².